The second kappa shape index (κ2) is 3.39. The van der Waals surface area contributed by atoms with E-state index in [9.17, 15) is 5.11 Å². The molecule has 1 aromatic rings. The highest BCUT2D eigenvalue weighted by molar-refractivity contribution is 5.49. The van der Waals surface area contributed by atoms with Crippen LogP contribution in [-0.4, -0.2) is 18.8 Å². The smallest absolute Gasteiger partial charge is 0.119 e. The molecular weight excluding hydrogens is 202 g/mol. The highest BCUT2D eigenvalue weighted by Crippen LogP contribution is 2.65. The molecule has 16 heavy (non-hydrogen) atoms. The van der Waals surface area contributed by atoms with E-state index in [1.165, 1.54) is 0 Å². The van der Waals surface area contributed by atoms with Crippen LogP contribution in [0.3, 0.4) is 0 Å². The molecule has 3 nitrogen and oxygen atoms in total. The van der Waals surface area contributed by atoms with Crippen LogP contribution in [-0.2, 0) is 5.41 Å². The number of phenols is 1. The SMILES string of the molecule is COc1ccc(O)c(C2(CN)CC2(C)C)c1. The van der Waals surface area contributed by atoms with Gasteiger partial charge in [0.25, 0.3) is 0 Å². The Morgan fingerprint density at radius 3 is 2.50 bits per heavy atom. The van der Waals surface area contributed by atoms with Crippen LogP contribution in [0.5, 0.6) is 11.5 Å². The zero-order chi connectivity index (χ0) is 12.0. The van der Waals surface area contributed by atoms with Crippen LogP contribution >= 0.6 is 0 Å². The largest absolute Gasteiger partial charge is 0.508 e. The Morgan fingerprint density at radius 2 is 2.06 bits per heavy atom. The van der Waals surface area contributed by atoms with E-state index in [0.29, 0.717) is 12.3 Å². The molecule has 0 radical (unpaired) electrons. The number of methoxy groups -OCH3 is 1. The fourth-order valence-corrected chi connectivity index (χ4v) is 2.65. The van der Waals surface area contributed by atoms with Crippen LogP contribution in [0.1, 0.15) is 25.8 Å². The molecule has 0 amide bonds. The highest BCUT2D eigenvalue weighted by atomic mass is 16.5. The Kier molecular flexibility index (Phi) is 2.39. The number of rotatable bonds is 3. The second-order valence-corrected chi connectivity index (χ2v) is 5.23. The van der Waals surface area contributed by atoms with Crippen LogP contribution in [0.15, 0.2) is 18.2 Å². The molecule has 1 aromatic carbocycles. The Bertz CT molecular complexity index is 414. The first-order chi connectivity index (χ1) is 7.47. The molecule has 1 aliphatic rings. The Labute approximate surface area is 96.2 Å². The van der Waals surface area contributed by atoms with Crippen molar-refractivity contribution in [2.24, 2.45) is 11.1 Å². The van der Waals surface area contributed by atoms with E-state index in [1.807, 2.05) is 6.07 Å². The third-order valence-corrected chi connectivity index (χ3v) is 3.98. The number of aromatic hydroxyl groups is 1. The number of nitrogens with two attached hydrogens (primary N) is 1. The predicted molar refractivity (Wildman–Crippen MR) is 63.8 cm³/mol. The minimum Gasteiger partial charge on any atom is -0.508 e. The zero-order valence-corrected chi connectivity index (χ0v) is 10.1. The lowest BCUT2D eigenvalue weighted by molar-refractivity contribution is 0.404. The van der Waals surface area contributed by atoms with Gasteiger partial charge in [-0.15, -0.1) is 0 Å². The molecule has 0 saturated heterocycles. The van der Waals surface area contributed by atoms with E-state index in [-0.39, 0.29) is 10.8 Å². The summed E-state index contributed by atoms with van der Waals surface area (Å²) >= 11 is 0. The van der Waals surface area contributed by atoms with E-state index in [2.05, 4.69) is 13.8 Å². The Hall–Kier alpha value is -1.22. The summed E-state index contributed by atoms with van der Waals surface area (Å²) in [6.07, 6.45) is 1.01. The molecule has 1 saturated carbocycles. The first kappa shape index (κ1) is 11.3. The molecule has 0 heterocycles. The van der Waals surface area contributed by atoms with E-state index in [4.69, 9.17) is 10.5 Å². The predicted octanol–water partition coefficient (Wildman–Crippen LogP) is 2.03. The van der Waals surface area contributed by atoms with Gasteiger partial charge in [-0.1, -0.05) is 13.8 Å². The van der Waals surface area contributed by atoms with Crippen molar-refractivity contribution in [3.63, 3.8) is 0 Å². The third kappa shape index (κ3) is 1.39. The van der Waals surface area contributed by atoms with Crippen LogP contribution in [0.25, 0.3) is 0 Å². The summed E-state index contributed by atoms with van der Waals surface area (Å²) in [5, 5.41) is 9.96. The normalized spacial score (nSPS) is 26.5. The van der Waals surface area contributed by atoms with Crippen LogP contribution < -0.4 is 10.5 Å². The van der Waals surface area contributed by atoms with Crippen molar-refractivity contribution in [3.8, 4) is 11.5 Å². The van der Waals surface area contributed by atoms with Gasteiger partial charge in [0.2, 0.25) is 0 Å². The minimum atomic E-state index is -0.0916. The van der Waals surface area contributed by atoms with Gasteiger partial charge in [-0.3, -0.25) is 0 Å². The summed E-state index contributed by atoms with van der Waals surface area (Å²) in [5.74, 6) is 1.08. The molecule has 1 fully saturated rings. The van der Waals surface area contributed by atoms with Gasteiger partial charge < -0.3 is 15.6 Å². The van der Waals surface area contributed by atoms with Crippen molar-refractivity contribution >= 4 is 0 Å². The molecule has 2 rings (SSSR count). The first-order valence-corrected chi connectivity index (χ1v) is 5.54. The summed E-state index contributed by atoms with van der Waals surface area (Å²) in [7, 11) is 1.63. The monoisotopic (exact) mass is 221 g/mol. The van der Waals surface area contributed by atoms with Gasteiger partial charge >= 0.3 is 0 Å². The molecule has 3 N–H and O–H groups in total. The molecule has 3 heteroatoms. The fourth-order valence-electron chi connectivity index (χ4n) is 2.65. The Balaban J connectivity index is 2.48. The molecule has 0 aromatic heterocycles. The van der Waals surface area contributed by atoms with Crippen molar-refractivity contribution in [2.75, 3.05) is 13.7 Å². The third-order valence-electron chi connectivity index (χ3n) is 3.98. The van der Waals surface area contributed by atoms with Crippen LogP contribution in [0.2, 0.25) is 0 Å². The average Bonchev–Trinajstić information content (AvgIpc) is 2.83. The standard InChI is InChI=1S/C13H19NO2/c1-12(2)7-13(12,8-14)10-6-9(16-3)4-5-11(10)15/h4-6,15H,7-8,14H2,1-3H3. The topological polar surface area (TPSA) is 55.5 Å². The molecule has 0 bridgehead atoms. The van der Waals surface area contributed by atoms with Gasteiger partial charge in [0.15, 0.2) is 0 Å². The van der Waals surface area contributed by atoms with E-state index < -0.39 is 0 Å². The molecule has 1 unspecified atom stereocenters. The molecular formula is C13H19NO2. The number of hydrogen-bond donors (Lipinski definition) is 2. The maximum absolute atomic E-state index is 9.96. The molecule has 1 atom stereocenters. The number of phenolic OH excluding ortho intramolecular Hbond substituents is 1. The lowest BCUT2D eigenvalue weighted by Crippen LogP contribution is -2.25. The zero-order valence-electron chi connectivity index (χ0n) is 10.1. The lowest BCUT2D eigenvalue weighted by Gasteiger charge is -2.20. The van der Waals surface area contributed by atoms with Gasteiger partial charge in [0.05, 0.1) is 7.11 Å². The summed E-state index contributed by atoms with van der Waals surface area (Å²) in [5.41, 5.74) is 6.87. The average molecular weight is 221 g/mol. The highest BCUT2D eigenvalue weighted by Gasteiger charge is 2.62. The summed E-state index contributed by atoms with van der Waals surface area (Å²) < 4.78 is 5.19. The van der Waals surface area contributed by atoms with Crippen molar-refractivity contribution in [1.29, 1.82) is 0 Å². The number of hydrogen-bond acceptors (Lipinski definition) is 3. The summed E-state index contributed by atoms with van der Waals surface area (Å²) in [4.78, 5) is 0. The second-order valence-electron chi connectivity index (χ2n) is 5.23. The van der Waals surface area contributed by atoms with Crippen LogP contribution in [0, 0.1) is 5.41 Å². The summed E-state index contributed by atoms with van der Waals surface area (Å²) in [6.45, 7) is 4.91. The van der Waals surface area contributed by atoms with Gasteiger partial charge in [-0.2, -0.15) is 0 Å². The fraction of sp³-hybridized carbons (Fsp3) is 0.538. The quantitative estimate of drug-likeness (QED) is 0.821. The molecule has 1 aliphatic carbocycles. The van der Waals surface area contributed by atoms with Gasteiger partial charge in [-0.25, -0.2) is 0 Å². The molecule has 0 aliphatic heterocycles. The number of benzene rings is 1. The maximum Gasteiger partial charge on any atom is 0.119 e. The van der Waals surface area contributed by atoms with Gasteiger partial charge in [0, 0.05) is 17.5 Å². The first-order valence-electron chi connectivity index (χ1n) is 5.54. The van der Waals surface area contributed by atoms with E-state index in [1.54, 1.807) is 19.2 Å². The minimum absolute atomic E-state index is 0.0916. The van der Waals surface area contributed by atoms with E-state index in [0.717, 1.165) is 17.7 Å². The lowest BCUT2D eigenvalue weighted by atomic mass is 9.87. The molecule has 88 valence electrons. The van der Waals surface area contributed by atoms with Crippen molar-refractivity contribution in [2.45, 2.75) is 25.7 Å². The summed E-state index contributed by atoms with van der Waals surface area (Å²) in [6, 6.07) is 5.34. The van der Waals surface area contributed by atoms with E-state index >= 15 is 0 Å². The van der Waals surface area contributed by atoms with Crippen molar-refractivity contribution < 1.29 is 9.84 Å². The Morgan fingerprint density at radius 1 is 1.44 bits per heavy atom. The van der Waals surface area contributed by atoms with Gasteiger partial charge in [-0.05, 0) is 30.0 Å². The maximum atomic E-state index is 9.96. The number of ether oxygens (including phenoxy) is 1. The van der Waals surface area contributed by atoms with Gasteiger partial charge in [0.1, 0.15) is 11.5 Å². The van der Waals surface area contributed by atoms with Crippen molar-refractivity contribution in [1.82, 2.24) is 0 Å². The van der Waals surface area contributed by atoms with Crippen LogP contribution in [0.4, 0.5) is 0 Å². The van der Waals surface area contributed by atoms with Crippen molar-refractivity contribution in [3.05, 3.63) is 23.8 Å². The molecule has 0 spiro atoms.